The van der Waals surface area contributed by atoms with Crippen molar-refractivity contribution in [3.63, 3.8) is 0 Å². The molecule has 2 atom stereocenters. The van der Waals surface area contributed by atoms with Gasteiger partial charge in [-0.15, -0.1) is 0 Å². The largest absolute Gasteiger partial charge is 0.478 e. The number of unbranched alkanes of at least 4 members (excludes halogenated alkanes) is 9. The number of esters is 2. The summed E-state index contributed by atoms with van der Waals surface area (Å²) in [4.78, 5) is 35.6. The highest BCUT2D eigenvalue weighted by atomic mass is 16.6. The van der Waals surface area contributed by atoms with E-state index in [1.807, 2.05) is 0 Å². The second-order valence-electron chi connectivity index (χ2n) is 8.48. The molecule has 29 heavy (non-hydrogen) atoms. The fraction of sp³-hybridized carbons (Fsp3) is 0.870. The first-order valence-corrected chi connectivity index (χ1v) is 11.3. The molecule has 6 nitrogen and oxygen atoms in total. The summed E-state index contributed by atoms with van der Waals surface area (Å²) in [6, 6.07) is 0. The summed E-state index contributed by atoms with van der Waals surface area (Å²) < 4.78 is 10.5. The molecule has 0 heterocycles. The molecule has 0 bridgehead atoms. The SMILES string of the molecule is CCCCCCCCCCCCC(=O)OC(C(C)C)C(OC(=O)C(C)C)C(=O)O. The van der Waals surface area contributed by atoms with Crippen LogP contribution >= 0.6 is 0 Å². The number of carbonyl (C=O) groups is 3. The van der Waals surface area contributed by atoms with Gasteiger partial charge < -0.3 is 14.6 Å². The Labute approximate surface area is 176 Å². The van der Waals surface area contributed by atoms with E-state index in [1.165, 1.54) is 44.9 Å². The van der Waals surface area contributed by atoms with Crippen LogP contribution in [-0.2, 0) is 23.9 Å². The van der Waals surface area contributed by atoms with Crippen LogP contribution in [0, 0.1) is 11.8 Å². The monoisotopic (exact) mass is 414 g/mol. The molecule has 0 aliphatic carbocycles. The van der Waals surface area contributed by atoms with Gasteiger partial charge in [-0.2, -0.15) is 0 Å². The van der Waals surface area contributed by atoms with Crippen LogP contribution in [0.5, 0.6) is 0 Å². The maximum atomic E-state index is 12.2. The summed E-state index contributed by atoms with van der Waals surface area (Å²) in [5.41, 5.74) is 0. The molecule has 0 radical (unpaired) electrons. The molecule has 6 heteroatoms. The van der Waals surface area contributed by atoms with Crippen molar-refractivity contribution in [3.05, 3.63) is 0 Å². The van der Waals surface area contributed by atoms with Crippen molar-refractivity contribution < 1.29 is 29.0 Å². The highest BCUT2D eigenvalue weighted by molar-refractivity contribution is 5.80. The summed E-state index contributed by atoms with van der Waals surface area (Å²) in [7, 11) is 0. The smallest absolute Gasteiger partial charge is 0.349 e. The molecule has 0 aromatic rings. The zero-order valence-electron chi connectivity index (χ0n) is 19.1. The number of rotatable bonds is 17. The summed E-state index contributed by atoms with van der Waals surface area (Å²) in [5, 5.41) is 9.43. The Kier molecular flexibility index (Phi) is 15.3. The van der Waals surface area contributed by atoms with Crippen molar-refractivity contribution in [1.82, 2.24) is 0 Å². The maximum absolute atomic E-state index is 12.2. The van der Waals surface area contributed by atoms with Crippen LogP contribution in [-0.4, -0.2) is 35.2 Å². The molecule has 0 aromatic heterocycles. The number of carbonyl (C=O) groups excluding carboxylic acids is 2. The van der Waals surface area contributed by atoms with Crippen molar-refractivity contribution in [1.29, 1.82) is 0 Å². The lowest BCUT2D eigenvalue weighted by molar-refractivity contribution is -0.184. The van der Waals surface area contributed by atoms with Crippen LogP contribution in [0.3, 0.4) is 0 Å². The lowest BCUT2D eigenvalue weighted by Gasteiger charge is -2.27. The summed E-state index contributed by atoms with van der Waals surface area (Å²) in [5.74, 6) is -3.09. The predicted molar refractivity (Wildman–Crippen MR) is 114 cm³/mol. The zero-order valence-corrected chi connectivity index (χ0v) is 19.1. The van der Waals surface area contributed by atoms with Crippen LogP contribution in [0.2, 0.25) is 0 Å². The number of hydrogen-bond donors (Lipinski definition) is 1. The molecule has 0 saturated heterocycles. The van der Waals surface area contributed by atoms with Gasteiger partial charge in [-0.1, -0.05) is 92.4 Å². The topological polar surface area (TPSA) is 89.9 Å². The summed E-state index contributed by atoms with van der Waals surface area (Å²) in [6.45, 7) is 8.97. The predicted octanol–water partition coefficient (Wildman–Crippen LogP) is 5.52. The van der Waals surface area contributed by atoms with E-state index in [0.29, 0.717) is 0 Å². The highest BCUT2D eigenvalue weighted by Gasteiger charge is 2.37. The van der Waals surface area contributed by atoms with Crippen LogP contribution in [0.4, 0.5) is 0 Å². The Morgan fingerprint density at radius 2 is 1.24 bits per heavy atom. The van der Waals surface area contributed by atoms with Gasteiger partial charge in [0.05, 0.1) is 5.92 Å². The van der Waals surface area contributed by atoms with Gasteiger partial charge in [-0.3, -0.25) is 9.59 Å². The number of aliphatic carboxylic acids is 1. The lowest BCUT2D eigenvalue weighted by atomic mass is 10.0. The molecule has 0 aliphatic heterocycles. The van der Waals surface area contributed by atoms with Crippen molar-refractivity contribution in [2.45, 2.75) is 117 Å². The number of hydrogen-bond acceptors (Lipinski definition) is 5. The molecule has 0 aliphatic rings. The van der Waals surface area contributed by atoms with E-state index in [1.54, 1.807) is 27.7 Å². The molecule has 0 spiro atoms. The fourth-order valence-corrected chi connectivity index (χ4v) is 3.03. The first kappa shape index (κ1) is 27.4. The van der Waals surface area contributed by atoms with E-state index in [4.69, 9.17) is 9.47 Å². The van der Waals surface area contributed by atoms with Gasteiger partial charge in [-0.25, -0.2) is 4.79 Å². The third-order valence-corrected chi connectivity index (χ3v) is 4.92. The summed E-state index contributed by atoms with van der Waals surface area (Å²) in [6.07, 6.45) is 9.47. The van der Waals surface area contributed by atoms with Crippen LogP contribution < -0.4 is 0 Å². The minimum absolute atomic E-state index is 0.254. The Bertz CT molecular complexity index is 472. The fourth-order valence-electron chi connectivity index (χ4n) is 3.03. The van der Waals surface area contributed by atoms with Gasteiger partial charge in [0.2, 0.25) is 6.10 Å². The second-order valence-corrected chi connectivity index (χ2v) is 8.48. The standard InChI is InChI=1S/C23H42O6/c1-6-7-8-9-10-11-12-13-14-15-16-19(24)28-20(17(2)3)21(22(25)26)29-23(27)18(4)5/h17-18,20-21H,6-16H2,1-5H3,(H,25,26). The zero-order chi connectivity index (χ0) is 22.2. The lowest BCUT2D eigenvalue weighted by Crippen LogP contribution is -2.44. The van der Waals surface area contributed by atoms with Gasteiger partial charge >= 0.3 is 17.9 Å². The van der Waals surface area contributed by atoms with Crippen LogP contribution in [0.25, 0.3) is 0 Å². The molecular formula is C23H42O6. The van der Waals surface area contributed by atoms with Crippen molar-refractivity contribution in [2.75, 3.05) is 0 Å². The first-order valence-electron chi connectivity index (χ1n) is 11.3. The Balaban J connectivity index is 4.26. The molecule has 2 unspecified atom stereocenters. The number of carboxylic acids is 1. The molecule has 0 rings (SSSR count). The second kappa shape index (κ2) is 16.2. The quantitative estimate of drug-likeness (QED) is 0.249. The van der Waals surface area contributed by atoms with Crippen molar-refractivity contribution >= 4 is 17.9 Å². The van der Waals surface area contributed by atoms with E-state index >= 15 is 0 Å². The molecule has 170 valence electrons. The van der Waals surface area contributed by atoms with E-state index in [0.717, 1.165) is 19.3 Å². The third kappa shape index (κ3) is 13.3. The molecule has 0 fully saturated rings. The van der Waals surface area contributed by atoms with Gasteiger partial charge in [0, 0.05) is 6.42 Å². The molecule has 0 aromatic carbocycles. The summed E-state index contributed by atoms with van der Waals surface area (Å²) >= 11 is 0. The Morgan fingerprint density at radius 3 is 1.66 bits per heavy atom. The van der Waals surface area contributed by atoms with E-state index < -0.39 is 36.0 Å². The molecule has 0 saturated carbocycles. The molecular weight excluding hydrogens is 372 g/mol. The van der Waals surface area contributed by atoms with Gasteiger partial charge in [0.15, 0.2) is 6.10 Å². The van der Waals surface area contributed by atoms with Crippen LogP contribution in [0.15, 0.2) is 0 Å². The third-order valence-electron chi connectivity index (χ3n) is 4.92. The van der Waals surface area contributed by atoms with E-state index in [2.05, 4.69) is 6.92 Å². The Morgan fingerprint density at radius 1 is 0.759 bits per heavy atom. The van der Waals surface area contributed by atoms with Gasteiger partial charge in [0.1, 0.15) is 0 Å². The minimum Gasteiger partial charge on any atom is -0.478 e. The van der Waals surface area contributed by atoms with E-state index in [-0.39, 0.29) is 12.3 Å². The average Bonchev–Trinajstić information content (AvgIpc) is 2.65. The number of ether oxygens (including phenoxy) is 2. The normalized spacial score (nSPS) is 13.3. The number of carboxylic acid groups (broad SMARTS) is 1. The van der Waals surface area contributed by atoms with Crippen LogP contribution in [0.1, 0.15) is 105 Å². The van der Waals surface area contributed by atoms with Crippen molar-refractivity contribution in [2.24, 2.45) is 11.8 Å². The maximum Gasteiger partial charge on any atom is 0.349 e. The first-order chi connectivity index (χ1) is 13.7. The minimum atomic E-state index is -1.48. The van der Waals surface area contributed by atoms with Gasteiger partial charge in [0.25, 0.3) is 0 Å². The van der Waals surface area contributed by atoms with Gasteiger partial charge in [-0.05, 0) is 12.3 Å². The average molecular weight is 415 g/mol. The molecule has 0 amide bonds. The van der Waals surface area contributed by atoms with Crippen molar-refractivity contribution in [3.8, 4) is 0 Å². The van der Waals surface area contributed by atoms with E-state index in [9.17, 15) is 19.5 Å². The highest BCUT2D eigenvalue weighted by Crippen LogP contribution is 2.18. The Hall–Kier alpha value is -1.59. The molecule has 1 N–H and O–H groups in total.